The molecule has 6 heteroatoms. The maximum atomic E-state index is 12.3. The molecular formula is C23H33ClN2O2S. The Balaban J connectivity index is 1.98. The van der Waals surface area contributed by atoms with Crippen LogP contribution in [0.5, 0.6) is 5.75 Å². The summed E-state index contributed by atoms with van der Waals surface area (Å²) in [4.78, 5) is 14.1. The number of halogens is 1. The van der Waals surface area contributed by atoms with Gasteiger partial charge in [0.05, 0.1) is 17.7 Å². The van der Waals surface area contributed by atoms with Crippen LogP contribution in [0, 0.1) is 0 Å². The topological polar surface area (TPSA) is 41.6 Å². The molecule has 1 N–H and O–H groups in total. The van der Waals surface area contributed by atoms with Crippen molar-refractivity contribution in [2.24, 2.45) is 0 Å². The minimum absolute atomic E-state index is 0.0183. The van der Waals surface area contributed by atoms with Crippen molar-refractivity contribution >= 4 is 34.7 Å². The fourth-order valence-electron chi connectivity index (χ4n) is 3.60. The zero-order valence-corrected chi connectivity index (χ0v) is 19.6. The number of allylic oxidation sites excluding steroid dienone is 1. The molecule has 4 nitrogen and oxygen atoms in total. The van der Waals surface area contributed by atoms with E-state index in [-0.39, 0.29) is 11.8 Å². The summed E-state index contributed by atoms with van der Waals surface area (Å²) in [5, 5.41) is 4.39. The molecule has 1 heterocycles. The van der Waals surface area contributed by atoms with Gasteiger partial charge in [-0.2, -0.15) is 0 Å². The summed E-state index contributed by atoms with van der Waals surface area (Å²) in [5.41, 5.74) is 2.47. The Bertz CT molecular complexity index is 763. The Morgan fingerprint density at radius 1 is 1.21 bits per heavy atom. The highest BCUT2D eigenvalue weighted by atomic mass is 35.5. The molecule has 0 aromatic heterocycles. The van der Waals surface area contributed by atoms with Gasteiger partial charge in [0, 0.05) is 18.3 Å². The van der Waals surface area contributed by atoms with Crippen LogP contribution in [0.2, 0.25) is 5.02 Å². The maximum Gasteiger partial charge on any atom is 0.173 e. The second-order valence-corrected chi connectivity index (χ2v) is 8.45. The average Bonchev–Trinajstić information content (AvgIpc) is 2.68. The molecule has 1 aromatic carbocycles. The minimum atomic E-state index is -0.300. The van der Waals surface area contributed by atoms with Crippen LogP contribution in [0.3, 0.4) is 0 Å². The Kier molecular flexibility index (Phi) is 9.44. The summed E-state index contributed by atoms with van der Waals surface area (Å²) in [5.74, 6) is 0.701. The van der Waals surface area contributed by atoms with Gasteiger partial charge >= 0.3 is 0 Å². The van der Waals surface area contributed by atoms with Gasteiger partial charge in [-0.3, -0.25) is 4.79 Å². The summed E-state index contributed by atoms with van der Waals surface area (Å²) in [6.45, 7) is 6.40. The third-order valence-corrected chi connectivity index (χ3v) is 6.12. The summed E-state index contributed by atoms with van der Waals surface area (Å²) >= 11 is 11.9. The van der Waals surface area contributed by atoms with Crippen LogP contribution in [0.15, 0.2) is 29.5 Å². The number of hydrogen-bond donors (Lipinski definition) is 1. The van der Waals surface area contributed by atoms with E-state index in [0.717, 1.165) is 17.7 Å². The van der Waals surface area contributed by atoms with Crippen molar-refractivity contribution < 1.29 is 9.53 Å². The van der Waals surface area contributed by atoms with Crippen molar-refractivity contribution in [1.29, 1.82) is 0 Å². The molecule has 0 fully saturated rings. The summed E-state index contributed by atoms with van der Waals surface area (Å²) in [7, 11) is 1.86. The van der Waals surface area contributed by atoms with Crippen LogP contribution in [-0.4, -0.2) is 29.5 Å². The molecule has 1 unspecified atom stereocenters. The first-order valence-electron chi connectivity index (χ1n) is 10.5. The number of unbranched alkanes of at least 4 members (excludes halogenated alkanes) is 6. The van der Waals surface area contributed by atoms with Gasteiger partial charge < -0.3 is 15.0 Å². The van der Waals surface area contributed by atoms with Gasteiger partial charge in [-0.15, -0.1) is 0 Å². The lowest BCUT2D eigenvalue weighted by atomic mass is 9.92. The number of carbonyl (C=O) groups is 1. The van der Waals surface area contributed by atoms with Crippen molar-refractivity contribution in [2.75, 3.05) is 13.7 Å². The van der Waals surface area contributed by atoms with Crippen LogP contribution in [-0.2, 0) is 4.79 Å². The smallest absolute Gasteiger partial charge is 0.173 e. The van der Waals surface area contributed by atoms with E-state index in [4.69, 9.17) is 28.6 Å². The molecule has 29 heavy (non-hydrogen) atoms. The van der Waals surface area contributed by atoms with Crippen molar-refractivity contribution in [3.63, 3.8) is 0 Å². The standard InChI is InChI=1S/C23H33ClN2O2S/c1-5-6-7-8-9-10-11-14-28-20-13-12-18(15-19(20)24)22-21(17(3)27)16(2)26(4)23(29)25-22/h12-13,15,22H,5-11,14H2,1-4H3,(H,25,29). The zero-order chi connectivity index (χ0) is 21.4. The minimum Gasteiger partial charge on any atom is -0.492 e. The number of hydrogen-bond acceptors (Lipinski definition) is 3. The van der Waals surface area contributed by atoms with Gasteiger partial charge in [0.2, 0.25) is 0 Å². The zero-order valence-electron chi connectivity index (χ0n) is 18.0. The lowest BCUT2D eigenvalue weighted by Gasteiger charge is -2.35. The van der Waals surface area contributed by atoms with E-state index >= 15 is 0 Å². The number of nitrogens with one attached hydrogen (secondary N) is 1. The summed E-state index contributed by atoms with van der Waals surface area (Å²) in [6, 6.07) is 5.40. The molecule has 0 aliphatic carbocycles. The van der Waals surface area contributed by atoms with Crippen molar-refractivity contribution in [3.8, 4) is 5.75 Å². The van der Waals surface area contributed by atoms with Gasteiger partial charge in [-0.25, -0.2) is 0 Å². The van der Waals surface area contributed by atoms with Gasteiger partial charge in [0.15, 0.2) is 10.9 Å². The van der Waals surface area contributed by atoms with E-state index in [0.29, 0.717) is 28.1 Å². The predicted octanol–water partition coefficient (Wildman–Crippen LogP) is 6.19. The number of benzene rings is 1. The summed E-state index contributed by atoms with van der Waals surface area (Å²) in [6.07, 6.45) is 8.72. The van der Waals surface area contributed by atoms with E-state index in [2.05, 4.69) is 12.2 Å². The van der Waals surface area contributed by atoms with Gasteiger partial charge in [0.25, 0.3) is 0 Å². The lowest BCUT2D eigenvalue weighted by Crippen LogP contribution is -2.45. The molecule has 0 bridgehead atoms. The third kappa shape index (κ3) is 6.45. The third-order valence-electron chi connectivity index (χ3n) is 5.43. The van der Waals surface area contributed by atoms with E-state index in [9.17, 15) is 4.79 Å². The molecule has 1 aliphatic rings. The molecule has 1 atom stereocenters. The highest BCUT2D eigenvalue weighted by molar-refractivity contribution is 7.80. The van der Waals surface area contributed by atoms with Crippen molar-refractivity contribution in [2.45, 2.75) is 71.8 Å². The SMILES string of the molecule is CCCCCCCCCOc1ccc(C2NC(=S)N(C)C(C)=C2C(C)=O)cc1Cl. The fourth-order valence-corrected chi connectivity index (χ4v) is 4.10. The Morgan fingerprint density at radius 2 is 1.86 bits per heavy atom. The first-order chi connectivity index (χ1) is 13.9. The number of ketones is 1. The second-order valence-electron chi connectivity index (χ2n) is 7.66. The number of rotatable bonds is 11. The van der Waals surface area contributed by atoms with Crippen LogP contribution in [0.1, 0.15) is 77.3 Å². The molecule has 1 aliphatic heterocycles. The largest absolute Gasteiger partial charge is 0.492 e. The molecule has 2 rings (SSSR count). The van der Waals surface area contributed by atoms with E-state index in [1.54, 1.807) is 6.92 Å². The van der Waals surface area contributed by atoms with E-state index in [1.165, 1.54) is 38.5 Å². The van der Waals surface area contributed by atoms with Crippen molar-refractivity contribution in [1.82, 2.24) is 10.2 Å². The number of nitrogens with zero attached hydrogens (tertiary/aromatic N) is 1. The first-order valence-corrected chi connectivity index (χ1v) is 11.3. The highest BCUT2D eigenvalue weighted by Crippen LogP contribution is 2.34. The molecule has 0 saturated heterocycles. The van der Waals surface area contributed by atoms with Crippen LogP contribution in [0.25, 0.3) is 0 Å². The van der Waals surface area contributed by atoms with Crippen LogP contribution < -0.4 is 10.1 Å². The normalized spacial score (nSPS) is 16.8. The lowest BCUT2D eigenvalue weighted by molar-refractivity contribution is -0.114. The maximum absolute atomic E-state index is 12.3. The van der Waals surface area contributed by atoms with Crippen LogP contribution >= 0.6 is 23.8 Å². The van der Waals surface area contributed by atoms with Crippen LogP contribution in [0.4, 0.5) is 0 Å². The predicted molar refractivity (Wildman–Crippen MR) is 125 cm³/mol. The number of Topliss-reactive ketones (excluding diaryl/α,β-unsaturated/α-hetero) is 1. The number of ether oxygens (including phenoxy) is 1. The molecule has 0 radical (unpaired) electrons. The Labute approximate surface area is 185 Å². The average molecular weight is 437 g/mol. The molecule has 1 aromatic rings. The Hall–Kier alpha value is -1.59. The Morgan fingerprint density at radius 3 is 2.48 bits per heavy atom. The van der Waals surface area contributed by atoms with Gasteiger partial charge in [0.1, 0.15) is 5.75 Å². The number of thiocarbonyl (C=S) groups is 1. The van der Waals surface area contributed by atoms with E-state index in [1.807, 2.05) is 37.1 Å². The molecule has 0 saturated carbocycles. The molecular weight excluding hydrogens is 404 g/mol. The van der Waals surface area contributed by atoms with Gasteiger partial charge in [-0.05, 0) is 50.2 Å². The van der Waals surface area contributed by atoms with Gasteiger partial charge in [-0.1, -0.05) is 63.1 Å². The summed E-state index contributed by atoms with van der Waals surface area (Å²) < 4.78 is 5.88. The monoisotopic (exact) mass is 436 g/mol. The van der Waals surface area contributed by atoms with Crippen molar-refractivity contribution in [3.05, 3.63) is 40.1 Å². The fraction of sp³-hybridized carbons (Fsp3) is 0.565. The molecule has 0 spiro atoms. The van der Waals surface area contributed by atoms with E-state index < -0.39 is 0 Å². The highest BCUT2D eigenvalue weighted by Gasteiger charge is 2.30. The number of carbonyl (C=O) groups excluding carboxylic acids is 1. The first kappa shape index (κ1) is 23.7. The molecule has 160 valence electrons. The quantitative estimate of drug-likeness (QED) is 0.330. The second kappa shape index (κ2) is 11.6. The molecule has 0 amide bonds.